The van der Waals surface area contributed by atoms with Gasteiger partial charge in [0, 0.05) is 12.8 Å². The van der Waals surface area contributed by atoms with Gasteiger partial charge in [0.2, 0.25) is 0 Å². The van der Waals surface area contributed by atoms with Crippen molar-refractivity contribution in [3.05, 3.63) is 59.4 Å². The minimum absolute atomic E-state index is 0.124. The van der Waals surface area contributed by atoms with Crippen molar-refractivity contribution < 1.29 is 14.6 Å². The quantitative estimate of drug-likeness (QED) is 0.668. The number of fused-ring (bicyclic) bond motifs is 1. The van der Waals surface area contributed by atoms with Crippen LogP contribution in [-0.4, -0.2) is 47.7 Å². The summed E-state index contributed by atoms with van der Waals surface area (Å²) in [5.41, 5.74) is 3.95. The number of aromatic carboxylic acids is 1. The van der Waals surface area contributed by atoms with Crippen molar-refractivity contribution in [3.8, 4) is 5.69 Å². The first-order valence-corrected chi connectivity index (χ1v) is 10.0. The Labute approximate surface area is 170 Å². The fourth-order valence-corrected chi connectivity index (χ4v) is 4.14. The van der Waals surface area contributed by atoms with Gasteiger partial charge in [0.25, 0.3) is 0 Å². The van der Waals surface area contributed by atoms with Crippen molar-refractivity contribution in [2.45, 2.75) is 31.8 Å². The molecule has 29 heavy (non-hydrogen) atoms. The Morgan fingerprint density at radius 1 is 1.21 bits per heavy atom. The zero-order valence-electron chi connectivity index (χ0n) is 17.1. The molecule has 1 unspecified atom stereocenters. The number of carbonyl (C=O) groups is 1. The summed E-state index contributed by atoms with van der Waals surface area (Å²) in [6.45, 7) is 4.17. The SMILES string of the molecule is COC(C)c1nc2cc(C(=O)[O-])ccc2n1-c1cccc(C2CCN(C)CC2)c1. The number of carboxylic acid groups (broad SMARTS) is 1. The van der Waals surface area contributed by atoms with E-state index in [1.807, 2.05) is 6.92 Å². The van der Waals surface area contributed by atoms with Gasteiger partial charge >= 0.3 is 0 Å². The number of piperidine rings is 1. The maximum absolute atomic E-state index is 11.3. The monoisotopic (exact) mass is 392 g/mol. The van der Waals surface area contributed by atoms with Crippen molar-refractivity contribution in [3.63, 3.8) is 0 Å². The lowest BCUT2D eigenvalue weighted by Crippen LogP contribution is -2.29. The molecule has 6 nitrogen and oxygen atoms in total. The van der Waals surface area contributed by atoms with Gasteiger partial charge in [0.05, 0.1) is 17.0 Å². The topological polar surface area (TPSA) is 70.4 Å². The predicted molar refractivity (Wildman–Crippen MR) is 110 cm³/mol. The average molecular weight is 392 g/mol. The van der Waals surface area contributed by atoms with Crippen LogP contribution in [0.15, 0.2) is 42.5 Å². The first-order chi connectivity index (χ1) is 14.0. The molecular formula is C23H26N3O3-. The van der Waals surface area contributed by atoms with E-state index >= 15 is 0 Å². The number of nitrogens with zero attached hydrogens (tertiary/aromatic N) is 3. The van der Waals surface area contributed by atoms with Gasteiger partial charge in [-0.3, -0.25) is 4.57 Å². The molecule has 0 spiro atoms. The van der Waals surface area contributed by atoms with E-state index in [4.69, 9.17) is 9.72 Å². The van der Waals surface area contributed by atoms with E-state index in [1.54, 1.807) is 25.3 Å². The van der Waals surface area contributed by atoms with Crippen LogP contribution >= 0.6 is 0 Å². The lowest BCUT2D eigenvalue weighted by atomic mass is 9.89. The molecule has 0 amide bonds. The Hall–Kier alpha value is -2.70. The van der Waals surface area contributed by atoms with Crippen molar-refractivity contribution in [1.82, 2.24) is 14.5 Å². The van der Waals surface area contributed by atoms with Gasteiger partial charge in [0.1, 0.15) is 11.9 Å². The molecule has 1 fully saturated rings. The van der Waals surface area contributed by atoms with Gasteiger partial charge in [-0.25, -0.2) is 4.98 Å². The van der Waals surface area contributed by atoms with E-state index in [-0.39, 0.29) is 11.7 Å². The van der Waals surface area contributed by atoms with E-state index in [2.05, 4.69) is 40.8 Å². The number of carboxylic acids is 1. The Morgan fingerprint density at radius 2 is 1.97 bits per heavy atom. The summed E-state index contributed by atoms with van der Waals surface area (Å²) in [7, 11) is 3.82. The normalized spacial score (nSPS) is 16.9. The minimum atomic E-state index is -1.20. The summed E-state index contributed by atoms with van der Waals surface area (Å²) >= 11 is 0. The Kier molecular flexibility index (Phi) is 5.39. The van der Waals surface area contributed by atoms with E-state index in [0.29, 0.717) is 11.4 Å². The highest BCUT2D eigenvalue weighted by atomic mass is 16.5. The number of methoxy groups -OCH3 is 1. The molecule has 2 aromatic carbocycles. The van der Waals surface area contributed by atoms with Crippen LogP contribution < -0.4 is 5.11 Å². The summed E-state index contributed by atoms with van der Waals surface area (Å²) < 4.78 is 7.62. The van der Waals surface area contributed by atoms with Gasteiger partial charge < -0.3 is 19.5 Å². The fraction of sp³-hybridized carbons (Fsp3) is 0.391. The van der Waals surface area contributed by atoms with Gasteiger partial charge in [0.15, 0.2) is 0 Å². The third-order valence-corrected chi connectivity index (χ3v) is 5.95. The lowest BCUT2D eigenvalue weighted by molar-refractivity contribution is -0.255. The van der Waals surface area contributed by atoms with Gasteiger partial charge in [-0.05, 0) is 81.2 Å². The highest BCUT2D eigenvalue weighted by Gasteiger charge is 2.21. The van der Waals surface area contributed by atoms with E-state index in [1.165, 1.54) is 5.56 Å². The molecule has 0 saturated carbocycles. The largest absolute Gasteiger partial charge is 0.545 e. The van der Waals surface area contributed by atoms with Crippen LogP contribution in [0.3, 0.4) is 0 Å². The molecular weight excluding hydrogens is 366 g/mol. The van der Waals surface area contributed by atoms with Crippen molar-refractivity contribution >= 4 is 17.0 Å². The second-order valence-electron chi connectivity index (χ2n) is 7.85. The van der Waals surface area contributed by atoms with Crippen LogP contribution in [-0.2, 0) is 4.74 Å². The van der Waals surface area contributed by atoms with Crippen molar-refractivity contribution in [2.24, 2.45) is 0 Å². The summed E-state index contributed by atoms with van der Waals surface area (Å²) in [6.07, 6.45) is 2.07. The first-order valence-electron chi connectivity index (χ1n) is 10.0. The van der Waals surface area contributed by atoms with Crippen LogP contribution in [0.25, 0.3) is 16.7 Å². The van der Waals surface area contributed by atoms with Crippen LogP contribution in [0.5, 0.6) is 0 Å². The number of ether oxygens (including phenoxy) is 1. The number of hydrogen-bond donors (Lipinski definition) is 0. The molecule has 1 aliphatic heterocycles. The smallest absolute Gasteiger partial charge is 0.143 e. The maximum atomic E-state index is 11.3. The standard InChI is InChI=1S/C23H27N3O3/c1-15(29-3)22-24-20-14-18(23(27)28)7-8-21(20)26(22)19-6-4-5-17(13-19)16-9-11-25(2)12-10-16/h4-8,13-16H,9-12H2,1-3H3,(H,27,28)/p-1. The van der Waals surface area contributed by atoms with Gasteiger partial charge in [-0.2, -0.15) is 0 Å². The highest BCUT2D eigenvalue weighted by molar-refractivity contribution is 5.91. The van der Waals surface area contributed by atoms with Crippen molar-refractivity contribution in [1.29, 1.82) is 0 Å². The average Bonchev–Trinajstić information content (AvgIpc) is 3.12. The molecule has 4 rings (SSSR count). The molecule has 0 radical (unpaired) electrons. The Morgan fingerprint density at radius 3 is 2.66 bits per heavy atom. The number of rotatable bonds is 5. The van der Waals surface area contributed by atoms with Crippen LogP contribution in [0.4, 0.5) is 0 Å². The number of likely N-dealkylation sites (tertiary alicyclic amines) is 1. The highest BCUT2D eigenvalue weighted by Crippen LogP contribution is 2.32. The molecule has 0 bridgehead atoms. The van der Waals surface area contributed by atoms with E-state index < -0.39 is 5.97 Å². The van der Waals surface area contributed by atoms with Crippen LogP contribution in [0, 0.1) is 0 Å². The molecule has 3 aromatic rings. The van der Waals surface area contributed by atoms with E-state index in [9.17, 15) is 9.90 Å². The second kappa shape index (κ2) is 7.97. The molecule has 1 aromatic heterocycles. The molecule has 1 atom stereocenters. The molecule has 6 heteroatoms. The zero-order valence-corrected chi connectivity index (χ0v) is 17.1. The summed E-state index contributed by atoms with van der Waals surface area (Å²) in [6, 6.07) is 13.5. The second-order valence-corrected chi connectivity index (χ2v) is 7.85. The Balaban J connectivity index is 1.82. The number of carbonyl (C=O) groups excluding carboxylic acids is 1. The number of benzene rings is 2. The summed E-state index contributed by atoms with van der Waals surface area (Å²) in [5, 5.41) is 11.3. The summed E-state index contributed by atoms with van der Waals surface area (Å²) in [5.74, 6) is 0.0968. The van der Waals surface area contributed by atoms with Crippen molar-refractivity contribution in [2.75, 3.05) is 27.2 Å². The third kappa shape index (κ3) is 3.78. The number of aromatic nitrogens is 2. The molecule has 1 aliphatic rings. The third-order valence-electron chi connectivity index (χ3n) is 5.95. The number of hydrogen-bond acceptors (Lipinski definition) is 5. The minimum Gasteiger partial charge on any atom is -0.545 e. The van der Waals surface area contributed by atoms with Gasteiger partial charge in [-0.15, -0.1) is 0 Å². The zero-order chi connectivity index (χ0) is 20.5. The molecule has 152 valence electrons. The lowest BCUT2D eigenvalue weighted by Gasteiger charge is -2.29. The number of imidazole rings is 1. The molecule has 2 heterocycles. The van der Waals surface area contributed by atoms with Gasteiger partial charge in [-0.1, -0.05) is 18.2 Å². The Bertz CT molecular complexity index is 1040. The van der Waals surface area contributed by atoms with Crippen LogP contribution in [0.1, 0.15) is 53.5 Å². The van der Waals surface area contributed by atoms with Crippen LogP contribution in [0.2, 0.25) is 0 Å². The molecule has 0 N–H and O–H groups in total. The molecule has 0 aliphatic carbocycles. The first kappa shape index (κ1) is 19.6. The molecule has 1 saturated heterocycles. The van der Waals surface area contributed by atoms with E-state index in [0.717, 1.165) is 43.0 Å². The summed E-state index contributed by atoms with van der Waals surface area (Å²) in [4.78, 5) is 18.3. The predicted octanol–water partition coefficient (Wildman–Crippen LogP) is 2.91. The maximum Gasteiger partial charge on any atom is 0.143 e. The fourth-order valence-electron chi connectivity index (χ4n) is 4.14.